The number of rotatable bonds is 4. The number of aliphatic hydroxyl groups is 1. The maximum absolute atomic E-state index is 10.3. The van der Waals surface area contributed by atoms with E-state index in [9.17, 15) is 10.4 Å². The van der Waals surface area contributed by atoms with Gasteiger partial charge in [0.15, 0.2) is 0 Å². The normalized spacial score (nSPS) is 24.0. The topological polar surface area (TPSA) is 47.3 Å². The lowest BCUT2D eigenvalue weighted by Gasteiger charge is -2.47. The molecule has 1 N–H and O–H groups in total. The second-order valence-corrected chi connectivity index (χ2v) is 5.64. The van der Waals surface area contributed by atoms with Crippen LogP contribution in [0.3, 0.4) is 0 Å². The molecule has 0 amide bonds. The van der Waals surface area contributed by atoms with E-state index in [4.69, 9.17) is 0 Å². The molecule has 0 radical (unpaired) electrons. The van der Waals surface area contributed by atoms with Crippen molar-refractivity contribution < 1.29 is 5.11 Å². The van der Waals surface area contributed by atoms with Crippen molar-refractivity contribution in [3.05, 3.63) is 35.9 Å². The van der Waals surface area contributed by atoms with Crippen LogP contribution in [0.5, 0.6) is 0 Å². The fourth-order valence-corrected chi connectivity index (χ4v) is 2.90. The molecule has 0 spiro atoms. The van der Waals surface area contributed by atoms with E-state index in [0.717, 1.165) is 25.2 Å². The maximum Gasteiger partial charge on any atom is 0.0928 e. The van der Waals surface area contributed by atoms with Crippen molar-refractivity contribution in [2.75, 3.05) is 19.6 Å². The average molecular weight is 242 g/mol. The van der Waals surface area contributed by atoms with Crippen molar-refractivity contribution in [3.8, 4) is 6.07 Å². The second-order valence-electron chi connectivity index (χ2n) is 5.64. The predicted molar refractivity (Wildman–Crippen MR) is 68.9 cm³/mol. The molecule has 2 aliphatic rings. The zero-order valence-corrected chi connectivity index (χ0v) is 10.4. The summed E-state index contributed by atoms with van der Waals surface area (Å²) in [5.74, 6) is 0.431. The summed E-state index contributed by atoms with van der Waals surface area (Å²) in [4.78, 5) is 2.19. The number of benzene rings is 1. The van der Waals surface area contributed by atoms with Gasteiger partial charge in [0.25, 0.3) is 0 Å². The lowest BCUT2D eigenvalue weighted by atomic mass is 9.87. The van der Waals surface area contributed by atoms with E-state index in [2.05, 4.69) is 11.0 Å². The highest BCUT2D eigenvalue weighted by atomic mass is 16.3. The monoisotopic (exact) mass is 242 g/mol. The molecule has 2 fully saturated rings. The number of β-amino-alcohol motifs (C(OH)–C–C–N with tert-alkyl or cyclic N) is 1. The summed E-state index contributed by atoms with van der Waals surface area (Å²) < 4.78 is 0. The number of likely N-dealkylation sites (tertiary alicyclic amines) is 1. The van der Waals surface area contributed by atoms with Gasteiger partial charge in [-0.2, -0.15) is 5.26 Å². The molecule has 94 valence electrons. The van der Waals surface area contributed by atoms with Crippen molar-refractivity contribution >= 4 is 0 Å². The fourth-order valence-electron chi connectivity index (χ4n) is 2.90. The third-order valence-electron chi connectivity index (χ3n) is 4.13. The minimum absolute atomic E-state index is 0.0880. The van der Waals surface area contributed by atoms with Crippen molar-refractivity contribution in [2.45, 2.75) is 24.4 Å². The highest BCUT2D eigenvalue weighted by molar-refractivity contribution is 5.25. The number of hydrogen-bond donors (Lipinski definition) is 1. The van der Waals surface area contributed by atoms with Crippen LogP contribution in [0.4, 0.5) is 0 Å². The molecule has 1 aromatic carbocycles. The first-order chi connectivity index (χ1) is 8.71. The Labute approximate surface area is 108 Å². The van der Waals surface area contributed by atoms with E-state index >= 15 is 0 Å². The standard InChI is InChI=1S/C15H18N2O/c16-8-13(12-4-2-1-3-5-12)9-17-10-15(18,11-17)14-6-7-14/h1-5,13-14,18H,6-7,9-11H2. The van der Waals surface area contributed by atoms with Crippen LogP contribution in [0.1, 0.15) is 24.3 Å². The quantitative estimate of drug-likeness (QED) is 0.875. The summed E-state index contributed by atoms with van der Waals surface area (Å²) in [5, 5.41) is 19.5. The van der Waals surface area contributed by atoms with Crippen LogP contribution in [-0.4, -0.2) is 35.2 Å². The van der Waals surface area contributed by atoms with E-state index in [1.807, 2.05) is 30.3 Å². The SMILES string of the molecule is N#CC(CN1CC(O)(C2CC2)C1)c1ccccc1. The molecule has 1 aromatic rings. The lowest BCUT2D eigenvalue weighted by molar-refractivity contribution is -0.113. The minimum atomic E-state index is -0.448. The van der Waals surface area contributed by atoms with Gasteiger partial charge in [-0.15, -0.1) is 0 Å². The summed E-state index contributed by atoms with van der Waals surface area (Å²) in [5.41, 5.74) is 0.623. The van der Waals surface area contributed by atoms with Gasteiger partial charge in [0.1, 0.15) is 0 Å². The van der Waals surface area contributed by atoms with Crippen LogP contribution in [0.25, 0.3) is 0 Å². The Hall–Kier alpha value is -1.37. The highest BCUT2D eigenvalue weighted by Gasteiger charge is 2.51. The second kappa shape index (κ2) is 4.38. The van der Waals surface area contributed by atoms with Crippen molar-refractivity contribution in [1.29, 1.82) is 5.26 Å². The summed E-state index contributed by atoms with van der Waals surface area (Å²) >= 11 is 0. The van der Waals surface area contributed by atoms with Crippen molar-refractivity contribution in [2.24, 2.45) is 5.92 Å². The van der Waals surface area contributed by atoms with Crippen LogP contribution in [0.2, 0.25) is 0 Å². The van der Waals surface area contributed by atoms with Crippen LogP contribution < -0.4 is 0 Å². The molecule has 1 aliphatic heterocycles. The first kappa shape index (κ1) is 11.7. The average Bonchev–Trinajstić information content (AvgIpc) is 3.18. The zero-order chi connectivity index (χ0) is 12.6. The molecule has 3 heteroatoms. The Kier molecular flexibility index (Phi) is 2.85. The van der Waals surface area contributed by atoms with Crippen LogP contribution in [-0.2, 0) is 0 Å². The van der Waals surface area contributed by atoms with Gasteiger partial charge in [-0.3, -0.25) is 4.90 Å². The van der Waals surface area contributed by atoms with Gasteiger partial charge in [0.05, 0.1) is 17.6 Å². The Balaban J connectivity index is 1.58. The maximum atomic E-state index is 10.3. The molecule has 1 saturated heterocycles. The van der Waals surface area contributed by atoms with E-state index in [1.54, 1.807) is 0 Å². The van der Waals surface area contributed by atoms with E-state index in [1.165, 1.54) is 12.8 Å². The van der Waals surface area contributed by atoms with Gasteiger partial charge in [0, 0.05) is 19.6 Å². The van der Waals surface area contributed by atoms with Crippen molar-refractivity contribution in [1.82, 2.24) is 4.90 Å². The van der Waals surface area contributed by atoms with Gasteiger partial charge in [-0.1, -0.05) is 30.3 Å². The zero-order valence-electron chi connectivity index (χ0n) is 10.4. The Morgan fingerprint density at radius 3 is 2.56 bits per heavy atom. The molecule has 1 heterocycles. The minimum Gasteiger partial charge on any atom is -0.387 e. The van der Waals surface area contributed by atoms with E-state index in [-0.39, 0.29) is 5.92 Å². The number of nitrogens with zero attached hydrogens (tertiary/aromatic N) is 2. The molecule has 0 aromatic heterocycles. The van der Waals surface area contributed by atoms with Gasteiger partial charge >= 0.3 is 0 Å². The first-order valence-electron chi connectivity index (χ1n) is 6.60. The van der Waals surface area contributed by atoms with Crippen LogP contribution >= 0.6 is 0 Å². The molecule has 1 saturated carbocycles. The molecule has 0 bridgehead atoms. The molecular weight excluding hydrogens is 224 g/mol. The fraction of sp³-hybridized carbons (Fsp3) is 0.533. The summed E-state index contributed by atoms with van der Waals surface area (Å²) in [6.45, 7) is 2.21. The molecule has 3 rings (SSSR count). The van der Waals surface area contributed by atoms with Gasteiger partial charge < -0.3 is 5.11 Å². The molecule has 1 unspecified atom stereocenters. The molecule has 3 nitrogen and oxygen atoms in total. The number of nitriles is 1. The Morgan fingerprint density at radius 2 is 2.00 bits per heavy atom. The Bertz CT molecular complexity index is 455. The summed E-state index contributed by atoms with van der Waals surface area (Å²) in [6.07, 6.45) is 2.34. The highest BCUT2D eigenvalue weighted by Crippen LogP contribution is 2.44. The van der Waals surface area contributed by atoms with Gasteiger partial charge in [-0.25, -0.2) is 0 Å². The van der Waals surface area contributed by atoms with Crippen molar-refractivity contribution in [3.63, 3.8) is 0 Å². The summed E-state index contributed by atoms with van der Waals surface area (Å²) in [6, 6.07) is 12.3. The molecule has 18 heavy (non-hydrogen) atoms. The summed E-state index contributed by atoms with van der Waals surface area (Å²) in [7, 11) is 0. The molecular formula is C15H18N2O. The number of hydrogen-bond acceptors (Lipinski definition) is 3. The lowest BCUT2D eigenvalue weighted by Crippen LogP contribution is -2.63. The third-order valence-corrected chi connectivity index (χ3v) is 4.13. The predicted octanol–water partition coefficient (Wildman–Crippen LogP) is 1.75. The van der Waals surface area contributed by atoms with E-state index < -0.39 is 5.60 Å². The largest absolute Gasteiger partial charge is 0.387 e. The third kappa shape index (κ3) is 2.14. The Morgan fingerprint density at radius 1 is 1.33 bits per heavy atom. The molecule has 1 aliphatic carbocycles. The van der Waals surface area contributed by atoms with Crippen LogP contribution in [0.15, 0.2) is 30.3 Å². The molecule has 1 atom stereocenters. The first-order valence-corrected chi connectivity index (χ1v) is 6.60. The van der Waals surface area contributed by atoms with Gasteiger partial charge in [-0.05, 0) is 24.3 Å². The smallest absolute Gasteiger partial charge is 0.0928 e. The van der Waals surface area contributed by atoms with Gasteiger partial charge in [0.2, 0.25) is 0 Å². The van der Waals surface area contributed by atoms with Crippen LogP contribution in [0, 0.1) is 17.2 Å². The van der Waals surface area contributed by atoms with E-state index in [0.29, 0.717) is 5.92 Å².